The molecule has 1 aliphatic rings. The van der Waals surface area contributed by atoms with Gasteiger partial charge in [0.15, 0.2) is 9.84 Å². The van der Waals surface area contributed by atoms with Crippen LogP contribution in [-0.2, 0) is 9.84 Å². The molecular formula is C10H9N3O2S. The highest BCUT2D eigenvalue weighted by atomic mass is 32.2. The Morgan fingerprint density at radius 3 is 2.81 bits per heavy atom. The fourth-order valence-corrected chi connectivity index (χ4v) is 2.66. The lowest BCUT2D eigenvalue weighted by Gasteiger charge is -2.10. The van der Waals surface area contributed by atoms with Crippen LogP contribution in [0.15, 0.2) is 29.8 Å². The molecule has 16 heavy (non-hydrogen) atoms. The predicted octanol–water partition coefficient (Wildman–Crippen LogP) is 0.676. The average Bonchev–Trinajstić information content (AvgIpc) is 2.59. The molecule has 1 aromatic heterocycles. The van der Waals surface area contributed by atoms with Crippen LogP contribution in [0.5, 0.6) is 0 Å². The average molecular weight is 235 g/mol. The van der Waals surface area contributed by atoms with Gasteiger partial charge in [-0.05, 0) is 12.1 Å². The summed E-state index contributed by atoms with van der Waals surface area (Å²) in [5, 5.41) is 12.8. The largest absolute Gasteiger partial charge is 0.377 e. The number of pyridine rings is 1. The van der Waals surface area contributed by atoms with Crippen molar-refractivity contribution in [2.45, 2.75) is 6.04 Å². The summed E-state index contributed by atoms with van der Waals surface area (Å²) in [5.41, 5.74) is 1.03. The van der Waals surface area contributed by atoms with Crippen molar-refractivity contribution in [3.8, 4) is 6.07 Å². The summed E-state index contributed by atoms with van der Waals surface area (Å²) < 4.78 is 22.3. The van der Waals surface area contributed by atoms with Crippen molar-refractivity contribution in [2.24, 2.45) is 0 Å². The molecule has 1 N–H and O–H groups in total. The zero-order valence-electron chi connectivity index (χ0n) is 8.29. The predicted molar refractivity (Wildman–Crippen MR) is 59.3 cm³/mol. The molecule has 1 unspecified atom stereocenters. The smallest absolute Gasteiger partial charge is 0.173 e. The van der Waals surface area contributed by atoms with E-state index in [0.29, 0.717) is 11.4 Å². The van der Waals surface area contributed by atoms with Crippen LogP contribution in [0.3, 0.4) is 0 Å². The van der Waals surface area contributed by atoms with Crippen LogP contribution >= 0.6 is 0 Å². The molecule has 0 aliphatic carbocycles. The fourth-order valence-electron chi connectivity index (χ4n) is 1.43. The third-order valence-corrected chi connectivity index (χ3v) is 3.56. The van der Waals surface area contributed by atoms with Gasteiger partial charge in [-0.3, -0.25) is 0 Å². The molecule has 0 amide bonds. The van der Waals surface area contributed by atoms with Crippen LogP contribution in [-0.4, -0.2) is 25.2 Å². The minimum absolute atomic E-state index is 0.0625. The molecule has 1 atom stereocenters. The molecule has 0 saturated carbocycles. The van der Waals surface area contributed by atoms with E-state index >= 15 is 0 Å². The minimum atomic E-state index is -3.04. The molecule has 0 fully saturated rings. The normalized spacial score (nSPS) is 21.6. The van der Waals surface area contributed by atoms with E-state index in [-0.39, 0.29) is 11.8 Å². The monoisotopic (exact) mass is 235 g/mol. The minimum Gasteiger partial charge on any atom is -0.377 e. The zero-order valence-corrected chi connectivity index (χ0v) is 9.11. The van der Waals surface area contributed by atoms with Gasteiger partial charge in [-0.1, -0.05) is 6.08 Å². The van der Waals surface area contributed by atoms with Crippen LogP contribution < -0.4 is 5.32 Å². The first kappa shape index (κ1) is 10.6. The van der Waals surface area contributed by atoms with E-state index in [2.05, 4.69) is 10.3 Å². The molecule has 0 radical (unpaired) electrons. The van der Waals surface area contributed by atoms with Gasteiger partial charge in [-0.2, -0.15) is 5.26 Å². The number of aromatic nitrogens is 1. The fraction of sp³-hybridized carbons (Fsp3) is 0.200. The SMILES string of the molecule is N#Cc1ccc(NC2C=CS(=O)(=O)C2)cn1. The standard InChI is InChI=1S/C10H9N3O2S/c11-5-8-1-2-9(6-12-8)13-10-3-4-16(14,15)7-10/h1-4,6,10,13H,7H2. The number of nitriles is 1. The molecule has 82 valence electrons. The van der Waals surface area contributed by atoms with Crippen LogP contribution in [0.2, 0.25) is 0 Å². The molecule has 6 heteroatoms. The summed E-state index contributed by atoms with van der Waals surface area (Å²) in [6.45, 7) is 0. The van der Waals surface area contributed by atoms with Gasteiger partial charge in [0, 0.05) is 5.41 Å². The maximum atomic E-state index is 11.1. The Hall–Kier alpha value is -1.87. The van der Waals surface area contributed by atoms with Crippen molar-refractivity contribution in [1.82, 2.24) is 4.98 Å². The van der Waals surface area contributed by atoms with E-state index in [1.165, 1.54) is 11.6 Å². The number of nitrogens with zero attached hydrogens (tertiary/aromatic N) is 2. The van der Waals surface area contributed by atoms with Crippen LogP contribution in [0, 0.1) is 11.3 Å². The second-order valence-electron chi connectivity index (χ2n) is 3.45. The van der Waals surface area contributed by atoms with Gasteiger partial charge in [0.05, 0.1) is 23.7 Å². The Morgan fingerprint density at radius 1 is 1.50 bits per heavy atom. The van der Waals surface area contributed by atoms with E-state index in [0.717, 1.165) is 0 Å². The van der Waals surface area contributed by atoms with Crippen molar-refractivity contribution in [3.05, 3.63) is 35.5 Å². The Labute approximate surface area is 93.3 Å². The van der Waals surface area contributed by atoms with Gasteiger partial charge in [-0.15, -0.1) is 0 Å². The first-order valence-electron chi connectivity index (χ1n) is 4.63. The second-order valence-corrected chi connectivity index (χ2v) is 5.38. The van der Waals surface area contributed by atoms with Crippen LogP contribution in [0.4, 0.5) is 5.69 Å². The van der Waals surface area contributed by atoms with E-state index in [1.54, 1.807) is 18.2 Å². The quantitative estimate of drug-likeness (QED) is 0.814. The molecule has 0 bridgehead atoms. The van der Waals surface area contributed by atoms with Crippen molar-refractivity contribution in [3.63, 3.8) is 0 Å². The van der Waals surface area contributed by atoms with Gasteiger partial charge in [-0.25, -0.2) is 13.4 Å². The molecule has 2 rings (SSSR count). The Kier molecular flexibility index (Phi) is 2.62. The first-order valence-corrected chi connectivity index (χ1v) is 6.34. The summed E-state index contributed by atoms with van der Waals surface area (Å²) in [5.74, 6) is 0.0625. The van der Waals surface area contributed by atoms with Gasteiger partial charge >= 0.3 is 0 Å². The Balaban J connectivity index is 2.06. The Morgan fingerprint density at radius 2 is 2.31 bits per heavy atom. The number of rotatable bonds is 2. The number of hydrogen-bond donors (Lipinski definition) is 1. The number of nitrogens with one attached hydrogen (secondary N) is 1. The van der Waals surface area contributed by atoms with Crippen molar-refractivity contribution in [2.75, 3.05) is 11.1 Å². The highest BCUT2D eigenvalue weighted by Gasteiger charge is 2.21. The van der Waals surface area contributed by atoms with E-state index < -0.39 is 9.84 Å². The highest BCUT2D eigenvalue weighted by molar-refractivity contribution is 7.94. The lowest BCUT2D eigenvalue weighted by molar-refractivity contribution is 0.605. The molecule has 2 heterocycles. The molecule has 0 aromatic carbocycles. The lowest BCUT2D eigenvalue weighted by atomic mass is 10.3. The summed E-state index contributed by atoms with van der Waals surface area (Å²) in [4.78, 5) is 3.88. The van der Waals surface area contributed by atoms with Crippen LogP contribution in [0.1, 0.15) is 5.69 Å². The van der Waals surface area contributed by atoms with Gasteiger partial charge in [0.25, 0.3) is 0 Å². The van der Waals surface area contributed by atoms with Crippen LogP contribution in [0.25, 0.3) is 0 Å². The van der Waals surface area contributed by atoms with E-state index in [1.807, 2.05) is 6.07 Å². The topological polar surface area (TPSA) is 82.9 Å². The van der Waals surface area contributed by atoms with Crippen molar-refractivity contribution in [1.29, 1.82) is 5.26 Å². The molecule has 1 aliphatic heterocycles. The number of sulfone groups is 1. The van der Waals surface area contributed by atoms with E-state index in [9.17, 15) is 8.42 Å². The highest BCUT2D eigenvalue weighted by Crippen LogP contribution is 2.14. The molecule has 5 nitrogen and oxygen atoms in total. The van der Waals surface area contributed by atoms with Gasteiger partial charge in [0.2, 0.25) is 0 Å². The van der Waals surface area contributed by atoms with Gasteiger partial charge in [0.1, 0.15) is 11.8 Å². The summed E-state index contributed by atoms with van der Waals surface area (Å²) in [7, 11) is -3.04. The maximum absolute atomic E-state index is 11.1. The molecule has 0 saturated heterocycles. The number of hydrogen-bond acceptors (Lipinski definition) is 5. The summed E-state index contributed by atoms with van der Waals surface area (Å²) >= 11 is 0. The molecule has 0 spiro atoms. The lowest BCUT2D eigenvalue weighted by Crippen LogP contribution is -2.20. The summed E-state index contributed by atoms with van der Waals surface area (Å²) in [6.07, 6.45) is 3.12. The second kappa shape index (κ2) is 3.94. The zero-order chi connectivity index (χ0) is 11.6. The summed E-state index contributed by atoms with van der Waals surface area (Å²) in [6, 6.07) is 4.97. The third kappa shape index (κ3) is 2.38. The molecule has 1 aromatic rings. The maximum Gasteiger partial charge on any atom is 0.173 e. The van der Waals surface area contributed by atoms with Crippen molar-refractivity contribution >= 4 is 15.5 Å². The van der Waals surface area contributed by atoms with Gasteiger partial charge < -0.3 is 5.32 Å². The van der Waals surface area contributed by atoms with Crippen molar-refractivity contribution < 1.29 is 8.42 Å². The number of anilines is 1. The third-order valence-electron chi connectivity index (χ3n) is 2.16. The first-order chi connectivity index (χ1) is 7.59. The Bertz CT molecular complexity index is 555. The molecular weight excluding hydrogens is 226 g/mol. The van der Waals surface area contributed by atoms with E-state index in [4.69, 9.17) is 5.26 Å².